The first kappa shape index (κ1) is 16.4. The van der Waals surface area contributed by atoms with E-state index in [1.54, 1.807) is 0 Å². The second-order valence-electron chi connectivity index (χ2n) is 5.46. The van der Waals surface area contributed by atoms with Crippen LogP contribution in [0, 0.1) is 5.92 Å². The molecule has 2 aliphatic rings. The number of likely N-dealkylation sites (tertiary alicyclic amines) is 1. The molecular formula is C12H20N2O5S2. The molecule has 0 bridgehead atoms. The number of nitrogens with zero attached hydrogens (tertiary/aromatic N) is 2. The maximum atomic E-state index is 12.6. The third kappa shape index (κ3) is 3.82. The zero-order chi connectivity index (χ0) is 15.6. The highest BCUT2D eigenvalue weighted by Crippen LogP contribution is 2.24. The Morgan fingerprint density at radius 2 is 2.00 bits per heavy atom. The Labute approximate surface area is 128 Å². The molecule has 2 amide bonds. The van der Waals surface area contributed by atoms with E-state index in [4.69, 9.17) is 5.11 Å². The number of carboxylic acid groups (broad SMARTS) is 1. The summed E-state index contributed by atoms with van der Waals surface area (Å²) in [5, 5.41) is 8.27. The zero-order valence-electron chi connectivity index (χ0n) is 11.9. The number of urea groups is 1. The summed E-state index contributed by atoms with van der Waals surface area (Å²) in [6, 6.07) is -0.350. The van der Waals surface area contributed by atoms with Crippen molar-refractivity contribution in [3.8, 4) is 0 Å². The maximum Gasteiger partial charge on any atom is 0.321 e. The Hall–Kier alpha value is -0.960. The van der Waals surface area contributed by atoms with Crippen LogP contribution in [0.25, 0.3) is 0 Å². The average molecular weight is 336 g/mol. The number of hydrogen-bond donors (Lipinski definition) is 1. The van der Waals surface area contributed by atoms with Gasteiger partial charge in [-0.1, -0.05) is 0 Å². The maximum absolute atomic E-state index is 12.6. The van der Waals surface area contributed by atoms with Gasteiger partial charge in [-0.05, 0) is 12.8 Å². The van der Waals surface area contributed by atoms with E-state index >= 15 is 0 Å². The van der Waals surface area contributed by atoms with Gasteiger partial charge in [-0.25, -0.2) is 13.2 Å². The second-order valence-corrected chi connectivity index (χ2v) is 8.81. The molecule has 21 heavy (non-hydrogen) atoms. The molecule has 0 aliphatic carbocycles. The summed E-state index contributed by atoms with van der Waals surface area (Å²) in [4.78, 5) is 26.5. The number of carboxylic acids is 1. The van der Waals surface area contributed by atoms with Crippen LogP contribution in [0.1, 0.15) is 12.8 Å². The van der Waals surface area contributed by atoms with Gasteiger partial charge >= 0.3 is 12.0 Å². The van der Waals surface area contributed by atoms with Crippen LogP contribution in [0.4, 0.5) is 4.79 Å². The minimum atomic E-state index is -3.35. The van der Waals surface area contributed by atoms with Gasteiger partial charge in [0.2, 0.25) is 0 Å². The van der Waals surface area contributed by atoms with Gasteiger partial charge in [-0.15, -0.1) is 0 Å². The van der Waals surface area contributed by atoms with Crippen LogP contribution in [0.2, 0.25) is 0 Å². The first-order valence-corrected chi connectivity index (χ1v) is 9.96. The van der Waals surface area contributed by atoms with Crippen molar-refractivity contribution in [2.75, 3.05) is 37.4 Å². The van der Waals surface area contributed by atoms with Crippen LogP contribution in [-0.2, 0) is 14.6 Å². The van der Waals surface area contributed by atoms with Crippen molar-refractivity contribution in [3.05, 3.63) is 0 Å². The molecule has 0 radical (unpaired) electrons. The van der Waals surface area contributed by atoms with Gasteiger partial charge in [-0.3, -0.25) is 4.79 Å². The van der Waals surface area contributed by atoms with E-state index in [0.717, 1.165) is 6.26 Å². The number of carbonyl (C=O) groups is 2. The number of rotatable bonds is 2. The molecule has 0 aromatic carbocycles. The zero-order valence-corrected chi connectivity index (χ0v) is 13.5. The molecule has 1 N–H and O–H groups in total. The number of carbonyl (C=O) groups excluding carboxylic acids is 1. The first-order chi connectivity index (χ1) is 9.80. The first-order valence-electron chi connectivity index (χ1n) is 6.85. The van der Waals surface area contributed by atoms with E-state index < -0.39 is 27.1 Å². The predicted octanol–water partition coefficient (Wildman–Crippen LogP) is 0.323. The number of aliphatic carboxylic acids is 1. The Morgan fingerprint density at radius 1 is 1.29 bits per heavy atom. The highest BCUT2D eigenvalue weighted by atomic mass is 32.2. The molecule has 0 aromatic heterocycles. The second kappa shape index (κ2) is 6.43. The van der Waals surface area contributed by atoms with Gasteiger partial charge in [0.25, 0.3) is 0 Å². The minimum Gasteiger partial charge on any atom is -0.481 e. The summed E-state index contributed by atoms with van der Waals surface area (Å²) in [5.74, 6) is -0.380. The fraction of sp³-hybridized carbons (Fsp3) is 0.833. The summed E-state index contributed by atoms with van der Waals surface area (Å²) < 4.78 is 23.7. The van der Waals surface area contributed by atoms with E-state index in [-0.39, 0.29) is 12.6 Å². The molecular weight excluding hydrogens is 316 g/mol. The van der Waals surface area contributed by atoms with E-state index in [1.165, 1.54) is 21.6 Å². The Balaban J connectivity index is 2.12. The van der Waals surface area contributed by atoms with Crippen molar-refractivity contribution < 1.29 is 23.1 Å². The monoisotopic (exact) mass is 336 g/mol. The summed E-state index contributed by atoms with van der Waals surface area (Å²) in [6.45, 7) is 1.03. The van der Waals surface area contributed by atoms with Gasteiger partial charge in [-0.2, -0.15) is 11.8 Å². The molecule has 2 aliphatic heterocycles. The van der Waals surface area contributed by atoms with Crippen molar-refractivity contribution in [2.24, 2.45) is 5.92 Å². The third-order valence-electron chi connectivity index (χ3n) is 3.87. The predicted molar refractivity (Wildman–Crippen MR) is 80.0 cm³/mol. The molecule has 2 unspecified atom stereocenters. The van der Waals surface area contributed by atoms with Crippen molar-refractivity contribution >= 4 is 33.6 Å². The van der Waals surface area contributed by atoms with Crippen LogP contribution < -0.4 is 0 Å². The molecule has 7 nitrogen and oxygen atoms in total. The van der Waals surface area contributed by atoms with Gasteiger partial charge in [0.15, 0.2) is 9.84 Å². The van der Waals surface area contributed by atoms with Crippen molar-refractivity contribution in [3.63, 3.8) is 0 Å². The van der Waals surface area contributed by atoms with Crippen LogP contribution in [0.5, 0.6) is 0 Å². The Morgan fingerprint density at radius 3 is 2.62 bits per heavy atom. The molecule has 2 rings (SSSR count). The lowest BCUT2D eigenvalue weighted by Gasteiger charge is -2.39. The van der Waals surface area contributed by atoms with Crippen molar-refractivity contribution in [1.29, 1.82) is 0 Å². The lowest BCUT2D eigenvalue weighted by molar-refractivity contribution is -0.143. The molecule has 2 heterocycles. The highest BCUT2D eigenvalue weighted by Gasteiger charge is 2.38. The largest absolute Gasteiger partial charge is 0.481 e. The molecule has 2 fully saturated rings. The van der Waals surface area contributed by atoms with E-state index in [1.807, 2.05) is 0 Å². The molecule has 0 saturated carbocycles. The van der Waals surface area contributed by atoms with Crippen LogP contribution in [0.15, 0.2) is 0 Å². The summed E-state index contributed by atoms with van der Waals surface area (Å²) >= 11 is 1.52. The molecule has 0 spiro atoms. The smallest absolute Gasteiger partial charge is 0.321 e. The summed E-state index contributed by atoms with van der Waals surface area (Å²) in [5.41, 5.74) is 0. The minimum absolute atomic E-state index is 0.161. The Bertz CT molecular complexity index is 522. The van der Waals surface area contributed by atoms with Crippen molar-refractivity contribution in [1.82, 2.24) is 9.80 Å². The fourth-order valence-corrected chi connectivity index (χ4v) is 5.50. The number of amides is 2. The standard InChI is InChI=1S/C12H20N2O5S2/c1-21(18,19)10-8-20-6-5-14(10)12(17)13-4-2-3-9(7-13)11(15)16/h9-10H,2-8H2,1H3,(H,15,16). The molecule has 120 valence electrons. The number of sulfone groups is 1. The molecule has 2 saturated heterocycles. The quantitative estimate of drug-likeness (QED) is 0.780. The van der Waals surface area contributed by atoms with E-state index in [0.29, 0.717) is 37.4 Å². The SMILES string of the molecule is CS(=O)(=O)C1CSCCN1C(=O)N1CCCC(C(=O)O)C1. The Kier molecular flexibility index (Phi) is 5.03. The number of hydrogen-bond acceptors (Lipinski definition) is 5. The molecule has 0 aromatic rings. The number of piperidine rings is 1. The summed E-state index contributed by atoms with van der Waals surface area (Å²) in [7, 11) is -3.35. The average Bonchev–Trinajstić information content (AvgIpc) is 2.45. The topological polar surface area (TPSA) is 95.0 Å². The van der Waals surface area contributed by atoms with Crippen LogP contribution in [0.3, 0.4) is 0 Å². The van der Waals surface area contributed by atoms with Gasteiger partial charge < -0.3 is 14.9 Å². The van der Waals surface area contributed by atoms with Gasteiger partial charge in [0, 0.05) is 37.4 Å². The van der Waals surface area contributed by atoms with Gasteiger partial charge in [0.05, 0.1) is 5.92 Å². The van der Waals surface area contributed by atoms with E-state index in [9.17, 15) is 18.0 Å². The van der Waals surface area contributed by atoms with E-state index in [2.05, 4.69) is 0 Å². The summed E-state index contributed by atoms with van der Waals surface area (Å²) in [6.07, 6.45) is 2.33. The van der Waals surface area contributed by atoms with Crippen LogP contribution in [-0.4, -0.2) is 78.1 Å². The van der Waals surface area contributed by atoms with Crippen LogP contribution >= 0.6 is 11.8 Å². The lowest BCUT2D eigenvalue weighted by atomic mass is 9.99. The van der Waals surface area contributed by atoms with Crippen molar-refractivity contribution in [2.45, 2.75) is 18.2 Å². The number of thioether (sulfide) groups is 1. The lowest BCUT2D eigenvalue weighted by Crippen LogP contribution is -2.56. The van der Waals surface area contributed by atoms with Gasteiger partial charge in [0.1, 0.15) is 5.37 Å². The fourth-order valence-electron chi connectivity index (χ4n) is 2.69. The normalized spacial score (nSPS) is 27.5. The highest BCUT2D eigenvalue weighted by molar-refractivity contribution is 8.00. The third-order valence-corrected chi connectivity index (χ3v) is 6.51. The molecule has 9 heteroatoms. The molecule has 2 atom stereocenters.